The minimum Gasteiger partial charge on any atom is -0.494 e. The fourth-order valence-electron chi connectivity index (χ4n) is 4.75. The average molecular weight is 430 g/mol. The van der Waals surface area contributed by atoms with Gasteiger partial charge in [-0.25, -0.2) is 9.18 Å². The summed E-state index contributed by atoms with van der Waals surface area (Å²) in [4.78, 5) is 29.6. The summed E-state index contributed by atoms with van der Waals surface area (Å²) in [6.45, 7) is 2.16. The first kappa shape index (κ1) is 19.5. The largest absolute Gasteiger partial charge is 0.494 e. The van der Waals surface area contributed by atoms with Crippen molar-refractivity contribution in [2.45, 2.75) is 51.0 Å². The van der Waals surface area contributed by atoms with Crippen molar-refractivity contribution in [2.24, 2.45) is 5.73 Å². The Hall–Kier alpha value is -2.45. The highest BCUT2D eigenvalue weighted by Crippen LogP contribution is 2.48. The van der Waals surface area contributed by atoms with Crippen LogP contribution in [-0.2, 0) is 6.42 Å². The molecule has 5 rings (SSSR count). The van der Waals surface area contributed by atoms with E-state index in [0.717, 1.165) is 37.0 Å². The number of hydrogen-bond donors (Lipinski definition) is 2. The Morgan fingerprint density at radius 3 is 2.77 bits per heavy atom. The molecule has 6 nitrogen and oxygen atoms in total. The van der Waals surface area contributed by atoms with Crippen molar-refractivity contribution in [1.29, 1.82) is 0 Å². The summed E-state index contributed by atoms with van der Waals surface area (Å²) in [6.07, 6.45) is 4.76. The highest BCUT2D eigenvalue weighted by molar-refractivity contribution is 7.15. The molecule has 1 fully saturated rings. The number of aromatic nitrogens is 2. The predicted octanol–water partition coefficient (Wildman–Crippen LogP) is 3.59. The van der Waals surface area contributed by atoms with Crippen LogP contribution in [0.5, 0.6) is 5.75 Å². The highest BCUT2D eigenvalue weighted by Gasteiger charge is 2.33. The number of halogens is 1. The second-order valence-electron chi connectivity index (χ2n) is 8.25. The van der Waals surface area contributed by atoms with Gasteiger partial charge >= 0.3 is 5.69 Å². The first-order chi connectivity index (χ1) is 14.5. The monoisotopic (exact) mass is 429 g/mol. The van der Waals surface area contributed by atoms with Crippen LogP contribution >= 0.6 is 11.3 Å². The summed E-state index contributed by atoms with van der Waals surface area (Å²) in [7, 11) is 1.46. The fourth-order valence-corrected chi connectivity index (χ4v) is 6.08. The van der Waals surface area contributed by atoms with E-state index in [1.807, 2.05) is 6.07 Å². The van der Waals surface area contributed by atoms with Crippen LogP contribution in [0.1, 0.15) is 53.6 Å². The Kier molecular flexibility index (Phi) is 4.59. The van der Waals surface area contributed by atoms with E-state index in [1.165, 1.54) is 17.6 Å². The van der Waals surface area contributed by atoms with Crippen LogP contribution in [0.3, 0.4) is 0 Å². The molecule has 0 aliphatic heterocycles. The normalized spacial score (nSPS) is 18.6. The SMILES string of the molecule is COc1c(-c2cc3c(s2)CCCC3CN)c(F)c(C)c2c(=O)[nH]c(=O)n(C3CC3)c12. The molecule has 0 saturated heterocycles. The third-order valence-electron chi connectivity index (χ3n) is 6.39. The van der Waals surface area contributed by atoms with E-state index < -0.39 is 17.1 Å². The number of aryl methyl sites for hydroxylation is 2. The summed E-state index contributed by atoms with van der Waals surface area (Å²) < 4.78 is 23.0. The van der Waals surface area contributed by atoms with Gasteiger partial charge in [-0.3, -0.25) is 14.3 Å². The number of ether oxygens (including phenoxy) is 1. The quantitative estimate of drug-likeness (QED) is 0.663. The van der Waals surface area contributed by atoms with Crippen molar-refractivity contribution >= 4 is 22.2 Å². The standard InChI is InChI=1S/C22H24FN3O3S/c1-10-16-19(26(12-6-7-12)22(28)25-21(16)27)20(29-2)17(18(10)23)15-8-13-11(9-24)4-3-5-14(13)30-15/h8,11-12H,3-7,9,24H2,1-2H3,(H,25,27,28). The van der Waals surface area contributed by atoms with Gasteiger partial charge in [-0.2, -0.15) is 0 Å². The van der Waals surface area contributed by atoms with E-state index in [4.69, 9.17) is 10.5 Å². The lowest BCUT2D eigenvalue weighted by atomic mass is 9.87. The Labute approximate surface area is 176 Å². The molecule has 1 unspecified atom stereocenters. The third-order valence-corrected chi connectivity index (χ3v) is 7.62. The predicted molar refractivity (Wildman–Crippen MR) is 116 cm³/mol. The van der Waals surface area contributed by atoms with Gasteiger partial charge in [0.25, 0.3) is 5.56 Å². The number of H-pyrrole nitrogens is 1. The van der Waals surface area contributed by atoms with Crippen molar-refractivity contribution < 1.29 is 9.13 Å². The number of hydrogen-bond acceptors (Lipinski definition) is 5. The van der Waals surface area contributed by atoms with Gasteiger partial charge in [0.1, 0.15) is 11.3 Å². The molecule has 1 saturated carbocycles. The summed E-state index contributed by atoms with van der Waals surface area (Å²) in [5, 5.41) is 0.181. The van der Waals surface area contributed by atoms with Crippen molar-refractivity contribution in [3.63, 3.8) is 0 Å². The molecule has 0 bridgehead atoms. The molecular weight excluding hydrogens is 405 g/mol. The molecule has 0 spiro atoms. The Morgan fingerprint density at radius 2 is 2.10 bits per heavy atom. The minimum absolute atomic E-state index is 0.00150. The zero-order chi connectivity index (χ0) is 21.2. The number of fused-ring (bicyclic) bond motifs is 2. The molecule has 30 heavy (non-hydrogen) atoms. The topological polar surface area (TPSA) is 90.1 Å². The van der Waals surface area contributed by atoms with Crippen molar-refractivity contribution in [1.82, 2.24) is 9.55 Å². The maximum absolute atomic E-state index is 15.7. The fraction of sp³-hybridized carbons (Fsp3) is 0.455. The zero-order valence-electron chi connectivity index (χ0n) is 17.0. The lowest BCUT2D eigenvalue weighted by Crippen LogP contribution is -2.31. The molecule has 1 aromatic carbocycles. The van der Waals surface area contributed by atoms with Crippen molar-refractivity contribution in [3.05, 3.63) is 48.7 Å². The van der Waals surface area contributed by atoms with E-state index in [9.17, 15) is 9.59 Å². The summed E-state index contributed by atoms with van der Waals surface area (Å²) >= 11 is 1.56. The molecule has 0 amide bonds. The number of nitrogens with zero attached hydrogens (tertiary/aromatic N) is 1. The van der Waals surface area contributed by atoms with E-state index in [1.54, 1.807) is 22.8 Å². The van der Waals surface area contributed by atoms with Crippen LogP contribution in [0, 0.1) is 12.7 Å². The van der Waals surface area contributed by atoms with Gasteiger partial charge in [0.05, 0.1) is 18.1 Å². The van der Waals surface area contributed by atoms with Crippen LogP contribution < -0.4 is 21.7 Å². The van der Waals surface area contributed by atoms with Gasteiger partial charge < -0.3 is 10.5 Å². The van der Waals surface area contributed by atoms with Crippen LogP contribution in [0.4, 0.5) is 4.39 Å². The van der Waals surface area contributed by atoms with Gasteiger partial charge in [0, 0.05) is 21.4 Å². The number of thiophene rings is 1. The average Bonchev–Trinajstić information content (AvgIpc) is 3.46. The van der Waals surface area contributed by atoms with Crippen molar-refractivity contribution in [2.75, 3.05) is 13.7 Å². The lowest BCUT2D eigenvalue weighted by Gasteiger charge is -2.20. The third kappa shape index (κ3) is 2.77. The molecule has 3 N–H and O–H groups in total. The molecule has 158 valence electrons. The van der Waals surface area contributed by atoms with Crippen LogP contribution in [0.25, 0.3) is 21.3 Å². The molecule has 2 heterocycles. The number of nitrogens with two attached hydrogens (primary N) is 1. The molecule has 3 aromatic rings. The Bertz CT molecular complexity index is 1290. The maximum Gasteiger partial charge on any atom is 0.329 e. The Balaban J connectivity index is 1.87. The van der Waals surface area contributed by atoms with Gasteiger partial charge in [0.15, 0.2) is 5.75 Å². The lowest BCUT2D eigenvalue weighted by molar-refractivity contribution is 0.415. The van der Waals surface area contributed by atoms with E-state index in [-0.39, 0.29) is 28.7 Å². The first-order valence-electron chi connectivity index (χ1n) is 10.3. The molecule has 1 atom stereocenters. The van der Waals surface area contributed by atoms with Gasteiger partial charge in [-0.15, -0.1) is 11.3 Å². The molecule has 0 radical (unpaired) electrons. The molecular formula is C22H24FN3O3S. The number of aromatic amines is 1. The Morgan fingerprint density at radius 1 is 1.33 bits per heavy atom. The maximum atomic E-state index is 15.7. The van der Waals surface area contributed by atoms with Crippen LogP contribution in [0.2, 0.25) is 0 Å². The number of methoxy groups -OCH3 is 1. The van der Waals surface area contributed by atoms with Crippen LogP contribution in [0.15, 0.2) is 15.7 Å². The number of nitrogens with one attached hydrogen (secondary N) is 1. The zero-order valence-corrected chi connectivity index (χ0v) is 17.8. The molecule has 2 aromatic heterocycles. The second kappa shape index (κ2) is 7.06. The highest BCUT2D eigenvalue weighted by atomic mass is 32.1. The summed E-state index contributed by atoms with van der Waals surface area (Å²) in [5.74, 6) is 0.0571. The smallest absolute Gasteiger partial charge is 0.329 e. The summed E-state index contributed by atoms with van der Waals surface area (Å²) in [5.41, 5.74) is 7.07. The molecule has 8 heteroatoms. The first-order valence-corrected chi connectivity index (χ1v) is 11.2. The van der Waals surface area contributed by atoms with E-state index >= 15 is 4.39 Å². The summed E-state index contributed by atoms with van der Waals surface area (Å²) in [6, 6.07) is 2.02. The minimum atomic E-state index is -0.582. The van der Waals surface area contributed by atoms with Crippen LogP contribution in [-0.4, -0.2) is 23.2 Å². The molecule has 2 aliphatic carbocycles. The van der Waals surface area contributed by atoms with E-state index in [0.29, 0.717) is 17.6 Å². The number of rotatable bonds is 4. The van der Waals surface area contributed by atoms with Gasteiger partial charge in [0.2, 0.25) is 0 Å². The van der Waals surface area contributed by atoms with E-state index in [2.05, 4.69) is 4.98 Å². The molecule has 2 aliphatic rings. The second-order valence-corrected chi connectivity index (χ2v) is 9.38. The van der Waals surface area contributed by atoms with Gasteiger partial charge in [-0.05, 0) is 63.1 Å². The van der Waals surface area contributed by atoms with Gasteiger partial charge in [-0.1, -0.05) is 0 Å². The van der Waals surface area contributed by atoms with Crippen molar-refractivity contribution in [3.8, 4) is 16.2 Å². The number of benzene rings is 1.